The summed E-state index contributed by atoms with van der Waals surface area (Å²) in [7, 11) is 0. The number of rotatable bonds is 7. The third kappa shape index (κ3) is 7.26. The maximum absolute atomic E-state index is 6.76. The quantitative estimate of drug-likeness (QED) is 0.0803. The van der Waals surface area contributed by atoms with E-state index in [9.17, 15) is 0 Å². The van der Waals surface area contributed by atoms with E-state index in [-0.39, 0.29) is 77.8 Å². The number of benzene rings is 4. The molecule has 0 aliphatic rings. The monoisotopic (exact) mass is 822 g/mol. The van der Waals surface area contributed by atoms with Gasteiger partial charge in [-0.25, -0.2) is 0 Å². The van der Waals surface area contributed by atoms with Crippen LogP contribution in [0, 0.1) is 0 Å². The first-order valence-corrected chi connectivity index (χ1v) is 15.4. The van der Waals surface area contributed by atoms with Gasteiger partial charge in [0.05, 0.1) is 50.2 Å². The normalized spacial score (nSPS) is 12.4. The molecular weight excluding hydrogens is 818 g/mol. The minimum atomic E-state index is -1.12. The average Bonchev–Trinajstić information content (AvgIpc) is 2.94. The van der Waals surface area contributed by atoms with Crippen LogP contribution >= 0.6 is 116 Å². The molecule has 0 aliphatic heterocycles. The van der Waals surface area contributed by atoms with Crippen molar-refractivity contribution in [1.82, 2.24) is 0 Å². The fourth-order valence-electron chi connectivity index (χ4n) is 3.78. The smallest absolute Gasteiger partial charge is 0.0809 e. The molecular formula is C26H10Cl10N2NiS2-4. The van der Waals surface area contributed by atoms with Crippen molar-refractivity contribution >= 4 is 153 Å². The zero-order chi connectivity index (χ0) is 29.5. The molecule has 0 heterocycles. The third-order valence-corrected chi connectivity index (χ3v) is 11.0. The molecule has 0 fully saturated rings. The molecule has 0 saturated heterocycles. The molecule has 4 aromatic rings. The van der Waals surface area contributed by atoms with Gasteiger partial charge in [0.1, 0.15) is 0 Å². The minimum absolute atomic E-state index is 0. The summed E-state index contributed by atoms with van der Waals surface area (Å²) in [6.07, 6.45) is 0. The van der Waals surface area contributed by atoms with Gasteiger partial charge in [0.2, 0.25) is 0 Å². The summed E-state index contributed by atoms with van der Waals surface area (Å²) >= 11 is 76.6. The molecule has 0 bridgehead atoms. The van der Waals surface area contributed by atoms with Crippen LogP contribution in [0.3, 0.4) is 0 Å². The van der Waals surface area contributed by atoms with Crippen molar-refractivity contribution < 1.29 is 16.5 Å². The second kappa shape index (κ2) is 15.1. The average molecular weight is 828 g/mol. The van der Waals surface area contributed by atoms with E-state index in [1.807, 2.05) is 0 Å². The van der Waals surface area contributed by atoms with Crippen molar-refractivity contribution in [3.63, 3.8) is 0 Å². The Morgan fingerprint density at radius 2 is 0.659 bits per heavy atom. The summed E-state index contributed by atoms with van der Waals surface area (Å²) in [4.78, 5) is 0.857. The molecule has 0 aromatic heterocycles. The first-order chi connectivity index (χ1) is 18.9. The van der Waals surface area contributed by atoms with Crippen LogP contribution in [0.25, 0.3) is 10.6 Å². The first kappa shape index (κ1) is 35.8. The fraction of sp³-hybridized carbons (Fsp3) is 0.0769. The van der Waals surface area contributed by atoms with E-state index in [0.717, 1.165) is 0 Å². The molecule has 4 aromatic carbocycles. The van der Waals surface area contributed by atoms with Crippen LogP contribution in [0.4, 0.5) is 11.4 Å². The Kier molecular flexibility index (Phi) is 13.1. The molecule has 2 unspecified atom stereocenters. The molecule has 0 aliphatic carbocycles. The van der Waals surface area contributed by atoms with E-state index >= 15 is 0 Å². The van der Waals surface area contributed by atoms with E-state index in [2.05, 4.69) is 0 Å². The second-order valence-corrected chi connectivity index (χ2v) is 12.7. The van der Waals surface area contributed by atoms with Crippen LogP contribution in [-0.2, 0) is 41.7 Å². The second-order valence-electron chi connectivity index (χ2n) is 8.05. The van der Waals surface area contributed by atoms with Crippen LogP contribution in [0.15, 0.2) is 58.3 Å². The van der Waals surface area contributed by atoms with Gasteiger partial charge in [-0.15, -0.1) is 0 Å². The largest absolute Gasteiger partial charge is 0.781 e. The molecule has 4 rings (SSSR count). The van der Waals surface area contributed by atoms with E-state index < -0.39 is 12.1 Å². The van der Waals surface area contributed by atoms with E-state index in [0.29, 0.717) is 21.2 Å². The summed E-state index contributed by atoms with van der Waals surface area (Å²) in [5.74, 6) is 0. The Morgan fingerprint density at radius 1 is 0.415 bits per heavy atom. The number of hydrogen-bond donors (Lipinski definition) is 0. The number of halogens is 10. The summed E-state index contributed by atoms with van der Waals surface area (Å²) in [5.41, 5.74) is 1.15. The predicted octanol–water partition coefficient (Wildman–Crippen LogP) is 14.2. The number of hydrogen-bond acceptors (Lipinski definition) is 2. The van der Waals surface area contributed by atoms with Crippen molar-refractivity contribution in [2.45, 2.75) is 21.9 Å². The molecule has 220 valence electrons. The minimum Gasteiger partial charge on any atom is -0.781 e. The summed E-state index contributed by atoms with van der Waals surface area (Å²) < 4.78 is 0. The number of para-hydroxylation sites is 2. The van der Waals surface area contributed by atoms with Crippen molar-refractivity contribution in [3.8, 4) is 0 Å². The summed E-state index contributed by atoms with van der Waals surface area (Å²) in [5, 5.41) is 9.48. The Morgan fingerprint density at radius 3 is 0.927 bits per heavy atom. The van der Waals surface area contributed by atoms with Gasteiger partial charge >= 0.3 is 0 Å². The number of nitrogens with zero attached hydrogens (tertiary/aromatic N) is 2. The van der Waals surface area contributed by atoms with Crippen LogP contribution < -0.4 is 0 Å². The zero-order valence-electron chi connectivity index (χ0n) is 19.6. The van der Waals surface area contributed by atoms with E-state index in [4.69, 9.17) is 152 Å². The van der Waals surface area contributed by atoms with Crippen LogP contribution in [0.1, 0.15) is 23.2 Å². The molecule has 0 spiro atoms. The third-order valence-electron chi connectivity index (χ3n) is 5.66. The molecule has 2 atom stereocenters. The van der Waals surface area contributed by atoms with Gasteiger partial charge in [0.15, 0.2) is 0 Å². The van der Waals surface area contributed by atoms with Crippen molar-refractivity contribution in [2.24, 2.45) is 0 Å². The SMILES string of the molecule is [Ni].[S-]c1ccccc1[N-]C(c1c(Cl)c(Cl)c(Cl)c(Cl)c1Cl)C([N-]c1ccccc1[S-])c1c(Cl)c(Cl)c(Cl)c(Cl)c1Cl. The molecule has 41 heavy (non-hydrogen) atoms. The molecule has 0 amide bonds. The Hall–Kier alpha value is 0.314. The Labute approximate surface area is 308 Å². The molecule has 2 nitrogen and oxygen atoms in total. The molecule has 0 radical (unpaired) electrons. The Bertz CT molecular complexity index is 1450. The fourth-order valence-corrected chi connectivity index (χ4v) is 6.93. The predicted molar refractivity (Wildman–Crippen MR) is 179 cm³/mol. The summed E-state index contributed by atoms with van der Waals surface area (Å²) in [6, 6.07) is 11.7. The van der Waals surface area contributed by atoms with E-state index in [1.165, 1.54) is 0 Å². The van der Waals surface area contributed by atoms with Crippen LogP contribution in [0.2, 0.25) is 50.2 Å². The Balaban J connectivity index is 0.00000462. The molecule has 15 heteroatoms. The zero-order valence-corrected chi connectivity index (χ0v) is 29.8. The van der Waals surface area contributed by atoms with Gasteiger partial charge < -0.3 is 35.9 Å². The molecule has 0 N–H and O–H groups in total. The van der Waals surface area contributed by atoms with Gasteiger partial charge in [0, 0.05) is 16.5 Å². The maximum atomic E-state index is 6.76. The van der Waals surface area contributed by atoms with Gasteiger partial charge in [-0.2, -0.15) is 21.2 Å². The van der Waals surface area contributed by atoms with Crippen molar-refractivity contribution in [2.75, 3.05) is 0 Å². The van der Waals surface area contributed by atoms with Crippen molar-refractivity contribution in [3.05, 3.63) is 121 Å². The van der Waals surface area contributed by atoms with Crippen LogP contribution in [0.5, 0.6) is 0 Å². The van der Waals surface area contributed by atoms with E-state index in [1.54, 1.807) is 48.5 Å². The standard InChI is InChI=1S/C26H12Cl10N2S2.Ni/c27-15-13(16(28)20(32)23(35)19(15)31)25(37-9-5-1-3-7-11(9)39)26(38-10-6-2-4-8-12(10)40)14-17(29)21(33)24(36)22(34)18(14)30;/h1-8,25-26,39-40H;/q-2;/p-2. The van der Waals surface area contributed by atoms with Gasteiger partial charge in [-0.3, -0.25) is 0 Å². The topological polar surface area (TPSA) is 28.2 Å². The maximum Gasteiger partial charge on any atom is 0.0809 e. The van der Waals surface area contributed by atoms with Gasteiger partial charge in [0.25, 0.3) is 0 Å². The van der Waals surface area contributed by atoms with Crippen LogP contribution in [-0.4, -0.2) is 0 Å². The van der Waals surface area contributed by atoms with Crippen molar-refractivity contribution in [1.29, 1.82) is 0 Å². The summed E-state index contributed by atoms with van der Waals surface area (Å²) in [6.45, 7) is 0. The van der Waals surface area contributed by atoms with Gasteiger partial charge in [-0.05, 0) is 11.1 Å². The molecule has 0 saturated carbocycles. The first-order valence-electron chi connectivity index (χ1n) is 10.8. The van der Waals surface area contributed by atoms with Gasteiger partial charge in [-0.1, -0.05) is 177 Å².